The Morgan fingerprint density at radius 1 is 0.625 bits per heavy atom. The van der Waals surface area contributed by atoms with Crippen molar-refractivity contribution >= 4 is 8.46 Å². The van der Waals surface area contributed by atoms with Crippen LogP contribution < -0.4 is 0 Å². The van der Waals surface area contributed by atoms with Gasteiger partial charge in [0.25, 0.3) is 0 Å². The second-order valence-corrected chi connectivity index (χ2v) is 8.27. The van der Waals surface area contributed by atoms with E-state index in [1.807, 2.05) is 0 Å². The minimum Gasteiger partial charge on any atom is -0.363 e. The first kappa shape index (κ1) is 24.1. The van der Waals surface area contributed by atoms with Crippen molar-refractivity contribution in [1.29, 1.82) is 0 Å². The van der Waals surface area contributed by atoms with E-state index in [2.05, 4.69) is 20.8 Å². The fraction of sp³-hybridized carbons (Fsp3) is 1.00. The second kappa shape index (κ2) is 17.9. The van der Waals surface area contributed by atoms with Crippen molar-refractivity contribution in [3.8, 4) is 0 Å². The Hall–Kier alpha value is 0.0600. The van der Waals surface area contributed by atoms with Crippen LogP contribution in [0, 0.1) is 0 Å². The Kier molecular flexibility index (Phi) is 17.9. The molecule has 0 bridgehead atoms. The third-order valence-corrected chi connectivity index (χ3v) is 5.79. The Balaban J connectivity index is 4.17. The second-order valence-electron chi connectivity index (χ2n) is 7.28. The first-order chi connectivity index (χ1) is 11.7. The molecule has 24 heavy (non-hydrogen) atoms. The van der Waals surface area contributed by atoms with Crippen LogP contribution in [0.4, 0.5) is 0 Å². The zero-order valence-electron chi connectivity index (χ0n) is 16.8. The Morgan fingerprint density at radius 2 is 1.04 bits per heavy atom. The number of hydrogen-bond donors (Lipinski definition) is 0. The SMILES string of the molecule is CCCCCCCCC(CCCCCCCC)(OCCCC)P=O. The lowest BCUT2D eigenvalue weighted by Gasteiger charge is -2.27. The van der Waals surface area contributed by atoms with Crippen LogP contribution in [0.5, 0.6) is 0 Å². The Labute approximate surface area is 153 Å². The van der Waals surface area contributed by atoms with Gasteiger partial charge >= 0.3 is 0 Å². The maximum absolute atomic E-state index is 11.9. The molecular formula is C21H43O2P. The van der Waals surface area contributed by atoms with Gasteiger partial charge in [0.05, 0.1) is 0 Å². The van der Waals surface area contributed by atoms with Gasteiger partial charge in [-0.05, 0) is 32.1 Å². The van der Waals surface area contributed by atoms with Gasteiger partial charge in [-0.1, -0.05) is 91.4 Å². The summed E-state index contributed by atoms with van der Waals surface area (Å²) in [6.07, 6.45) is 19.5. The first-order valence-electron chi connectivity index (χ1n) is 10.7. The molecule has 144 valence electrons. The van der Waals surface area contributed by atoms with E-state index in [0.717, 1.165) is 45.1 Å². The molecule has 0 aromatic carbocycles. The van der Waals surface area contributed by atoms with Gasteiger partial charge in [0.15, 0.2) is 8.46 Å². The molecule has 0 unspecified atom stereocenters. The van der Waals surface area contributed by atoms with Crippen LogP contribution in [0.15, 0.2) is 0 Å². The van der Waals surface area contributed by atoms with Gasteiger partial charge in [-0.25, -0.2) is 0 Å². The lowest BCUT2D eigenvalue weighted by molar-refractivity contribution is 0.00413. The van der Waals surface area contributed by atoms with E-state index in [-0.39, 0.29) is 8.46 Å². The lowest BCUT2D eigenvalue weighted by Crippen LogP contribution is -2.26. The number of ether oxygens (including phenoxy) is 1. The van der Waals surface area contributed by atoms with Gasteiger partial charge in [0.2, 0.25) is 0 Å². The van der Waals surface area contributed by atoms with Gasteiger partial charge in [-0.15, -0.1) is 0 Å². The Bertz CT molecular complexity index is 253. The maximum atomic E-state index is 11.9. The molecule has 0 N–H and O–H groups in total. The summed E-state index contributed by atoms with van der Waals surface area (Å²) in [4.78, 5) is 0. The van der Waals surface area contributed by atoms with Gasteiger partial charge in [-0.2, -0.15) is 0 Å². The van der Waals surface area contributed by atoms with Crippen molar-refractivity contribution in [2.24, 2.45) is 0 Å². The van der Waals surface area contributed by atoms with Gasteiger partial charge in [0, 0.05) is 6.61 Å². The summed E-state index contributed by atoms with van der Waals surface area (Å²) in [6.45, 7) is 7.45. The lowest BCUT2D eigenvalue weighted by atomic mass is 10.0. The van der Waals surface area contributed by atoms with Crippen molar-refractivity contribution in [3.05, 3.63) is 0 Å². The van der Waals surface area contributed by atoms with Crippen molar-refractivity contribution in [2.75, 3.05) is 6.61 Å². The topological polar surface area (TPSA) is 26.3 Å². The Morgan fingerprint density at radius 3 is 1.46 bits per heavy atom. The summed E-state index contributed by atoms with van der Waals surface area (Å²) in [6, 6.07) is 0. The molecule has 0 aliphatic carbocycles. The number of hydrogen-bond acceptors (Lipinski definition) is 2. The highest BCUT2D eigenvalue weighted by atomic mass is 31.1. The molecular weight excluding hydrogens is 315 g/mol. The van der Waals surface area contributed by atoms with Crippen LogP contribution in [0.2, 0.25) is 0 Å². The standard InChI is InChI=1S/C21H43O2P/c1-4-7-10-12-14-16-18-21(24-22,23-20-9-6-3)19-17-15-13-11-8-5-2/h4-20H2,1-3H3. The largest absolute Gasteiger partial charge is 0.363 e. The van der Waals surface area contributed by atoms with E-state index >= 15 is 0 Å². The molecule has 0 spiro atoms. The molecule has 0 amide bonds. The van der Waals surface area contributed by atoms with Crippen molar-refractivity contribution in [1.82, 2.24) is 0 Å². The average Bonchev–Trinajstić information content (AvgIpc) is 2.60. The zero-order chi connectivity index (χ0) is 17.9. The summed E-state index contributed by atoms with van der Waals surface area (Å²) in [7, 11) is 0.207. The molecule has 0 fully saturated rings. The predicted molar refractivity (Wildman–Crippen MR) is 107 cm³/mol. The van der Waals surface area contributed by atoms with Crippen LogP contribution in [0.3, 0.4) is 0 Å². The van der Waals surface area contributed by atoms with Crippen LogP contribution in [0.25, 0.3) is 0 Å². The third-order valence-electron chi connectivity index (χ3n) is 4.88. The minimum absolute atomic E-state index is 0.207. The highest BCUT2D eigenvalue weighted by Crippen LogP contribution is 2.37. The maximum Gasteiger partial charge on any atom is 0.190 e. The quantitative estimate of drug-likeness (QED) is 0.171. The van der Waals surface area contributed by atoms with E-state index in [4.69, 9.17) is 4.74 Å². The summed E-state index contributed by atoms with van der Waals surface area (Å²) in [5.74, 6) is 0. The van der Waals surface area contributed by atoms with E-state index in [1.54, 1.807) is 0 Å². The minimum atomic E-state index is -0.398. The highest BCUT2D eigenvalue weighted by Gasteiger charge is 2.30. The summed E-state index contributed by atoms with van der Waals surface area (Å²) in [5, 5.41) is -0.398. The van der Waals surface area contributed by atoms with E-state index in [1.165, 1.54) is 64.2 Å². The van der Waals surface area contributed by atoms with Crippen LogP contribution >= 0.6 is 8.46 Å². The molecule has 0 rings (SSSR count). The first-order valence-corrected chi connectivity index (χ1v) is 11.5. The normalized spacial score (nSPS) is 12.1. The molecule has 0 heterocycles. The van der Waals surface area contributed by atoms with Crippen molar-refractivity contribution in [3.63, 3.8) is 0 Å². The summed E-state index contributed by atoms with van der Waals surface area (Å²) >= 11 is 0. The van der Waals surface area contributed by atoms with Crippen molar-refractivity contribution in [2.45, 2.75) is 129 Å². The van der Waals surface area contributed by atoms with Crippen LogP contribution in [-0.4, -0.2) is 11.9 Å². The average molecular weight is 359 g/mol. The third kappa shape index (κ3) is 13.4. The molecule has 0 aliphatic heterocycles. The molecule has 3 heteroatoms. The van der Waals surface area contributed by atoms with E-state index < -0.39 is 5.34 Å². The van der Waals surface area contributed by atoms with Crippen LogP contribution in [0.1, 0.15) is 124 Å². The molecule has 0 aromatic heterocycles. The molecule has 0 saturated heterocycles. The predicted octanol–water partition coefficient (Wildman–Crippen LogP) is 8.29. The molecule has 0 aliphatic rings. The molecule has 0 aromatic rings. The molecule has 0 radical (unpaired) electrons. The highest BCUT2D eigenvalue weighted by molar-refractivity contribution is 7.25. The number of unbranched alkanes of at least 4 members (excludes halogenated alkanes) is 11. The van der Waals surface area contributed by atoms with E-state index in [0.29, 0.717) is 0 Å². The molecule has 0 saturated carbocycles. The summed E-state index contributed by atoms with van der Waals surface area (Å²) < 4.78 is 18.1. The van der Waals surface area contributed by atoms with Gasteiger partial charge in [0.1, 0.15) is 5.34 Å². The van der Waals surface area contributed by atoms with E-state index in [9.17, 15) is 4.57 Å². The van der Waals surface area contributed by atoms with Crippen LogP contribution in [-0.2, 0) is 9.30 Å². The zero-order valence-corrected chi connectivity index (χ0v) is 17.7. The summed E-state index contributed by atoms with van der Waals surface area (Å²) in [5.41, 5.74) is 0. The van der Waals surface area contributed by atoms with Crippen molar-refractivity contribution < 1.29 is 9.30 Å². The van der Waals surface area contributed by atoms with Gasteiger partial charge < -0.3 is 4.74 Å². The fourth-order valence-corrected chi connectivity index (χ4v) is 3.80. The molecule has 0 atom stereocenters. The number of rotatable bonds is 19. The monoisotopic (exact) mass is 358 g/mol. The molecule has 2 nitrogen and oxygen atoms in total. The van der Waals surface area contributed by atoms with Gasteiger partial charge in [-0.3, -0.25) is 4.57 Å². The fourth-order valence-electron chi connectivity index (χ4n) is 3.16. The smallest absolute Gasteiger partial charge is 0.190 e.